The highest BCUT2D eigenvalue weighted by molar-refractivity contribution is 7.93. The SMILES string of the molecule is O=C(Nc1ccc(S(=O)(=O)Nc2ccccn2)cc1)[C@H]1CN(S(=O)(=O)c2ccc(Cl)cc2)c2ccccc2O1. The molecular weight excluding hydrogens is 564 g/mol. The van der Waals surface area contributed by atoms with E-state index in [1.54, 1.807) is 36.4 Å². The molecule has 1 atom stereocenters. The van der Waals surface area contributed by atoms with E-state index in [0.29, 0.717) is 16.4 Å². The standard InChI is InChI=1S/C26H21ClN4O6S2/c27-18-8-12-21(13-9-18)39(35,36)31-17-24(37-23-6-2-1-5-22(23)31)26(32)29-19-10-14-20(15-11-19)38(33,34)30-25-7-3-4-16-28-25/h1-16,24H,17H2,(H,28,30)(H,29,32)/t24-/m1/s1. The second-order valence-corrected chi connectivity index (χ2v) is 12.4. The van der Waals surface area contributed by atoms with Gasteiger partial charge in [0.25, 0.3) is 26.0 Å². The Bertz CT molecular complexity index is 1720. The van der Waals surface area contributed by atoms with Crippen LogP contribution in [0, 0.1) is 0 Å². The molecule has 0 radical (unpaired) electrons. The van der Waals surface area contributed by atoms with Crippen LogP contribution in [0.1, 0.15) is 0 Å². The van der Waals surface area contributed by atoms with Gasteiger partial charge in [-0.25, -0.2) is 21.8 Å². The Kier molecular flexibility index (Phi) is 7.17. The molecule has 39 heavy (non-hydrogen) atoms. The maximum Gasteiger partial charge on any atom is 0.267 e. The number of carbonyl (C=O) groups excluding carboxylic acids is 1. The third kappa shape index (κ3) is 5.67. The third-order valence-electron chi connectivity index (χ3n) is 5.76. The van der Waals surface area contributed by atoms with Gasteiger partial charge in [0.15, 0.2) is 6.10 Å². The second-order valence-electron chi connectivity index (χ2n) is 8.40. The number of anilines is 3. The molecular formula is C26H21ClN4O6S2. The van der Waals surface area contributed by atoms with E-state index in [1.807, 2.05) is 0 Å². The minimum atomic E-state index is -4.04. The molecule has 200 valence electrons. The maximum absolute atomic E-state index is 13.5. The Hall–Kier alpha value is -4.13. The molecule has 2 heterocycles. The predicted octanol–water partition coefficient (Wildman–Crippen LogP) is 4.13. The van der Waals surface area contributed by atoms with E-state index >= 15 is 0 Å². The number of aromatic nitrogens is 1. The number of sulfonamides is 2. The van der Waals surface area contributed by atoms with Crippen LogP contribution in [0.5, 0.6) is 5.75 Å². The number of nitrogens with one attached hydrogen (secondary N) is 2. The van der Waals surface area contributed by atoms with Crippen LogP contribution in [0.3, 0.4) is 0 Å². The van der Waals surface area contributed by atoms with Crippen LogP contribution in [0.15, 0.2) is 107 Å². The molecule has 3 aromatic carbocycles. The summed E-state index contributed by atoms with van der Waals surface area (Å²) in [6.45, 7) is -0.283. The van der Waals surface area contributed by atoms with Gasteiger partial charge in [-0.1, -0.05) is 29.8 Å². The van der Waals surface area contributed by atoms with Gasteiger partial charge in [0.1, 0.15) is 11.6 Å². The van der Waals surface area contributed by atoms with E-state index in [2.05, 4.69) is 15.0 Å². The van der Waals surface area contributed by atoms with E-state index in [-0.39, 0.29) is 27.9 Å². The Balaban J connectivity index is 1.34. The number of benzene rings is 3. The first-order valence-corrected chi connectivity index (χ1v) is 14.8. The first-order valence-electron chi connectivity index (χ1n) is 11.5. The van der Waals surface area contributed by atoms with Gasteiger partial charge in [0, 0.05) is 16.9 Å². The van der Waals surface area contributed by atoms with E-state index in [4.69, 9.17) is 16.3 Å². The number of para-hydroxylation sites is 2. The topological polar surface area (TPSA) is 135 Å². The molecule has 1 aliphatic heterocycles. The molecule has 0 saturated carbocycles. The molecule has 0 bridgehead atoms. The smallest absolute Gasteiger partial charge is 0.267 e. The van der Waals surface area contributed by atoms with E-state index in [1.165, 1.54) is 60.8 Å². The first-order chi connectivity index (χ1) is 18.6. The predicted molar refractivity (Wildman–Crippen MR) is 147 cm³/mol. The number of rotatable bonds is 7. The van der Waals surface area contributed by atoms with Gasteiger partial charge in [-0.3, -0.25) is 13.8 Å². The van der Waals surface area contributed by atoms with Crippen molar-refractivity contribution in [2.75, 3.05) is 20.9 Å². The van der Waals surface area contributed by atoms with Crippen LogP contribution >= 0.6 is 11.6 Å². The fraction of sp³-hybridized carbons (Fsp3) is 0.0769. The zero-order chi connectivity index (χ0) is 27.6. The summed E-state index contributed by atoms with van der Waals surface area (Å²) in [5, 5.41) is 3.05. The highest BCUT2D eigenvalue weighted by Gasteiger charge is 2.37. The number of pyridine rings is 1. The molecule has 0 saturated heterocycles. The fourth-order valence-corrected chi connectivity index (χ4v) is 6.47. The summed E-state index contributed by atoms with van der Waals surface area (Å²) < 4.78 is 61.6. The summed E-state index contributed by atoms with van der Waals surface area (Å²) in [5.74, 6) is -0.214. The molecule has 4 aromatic rings. The molecule has 13 heteroatoms. The summed E-state index contributed by atoms with van der Waals surface area (Å²) in [6, 6.07) is 22.6. The number of amides is 1. The quantitative estimate of drug-likeness (QED) is 0.333. The highest BCUT2D eigenvalue weighted by atomic mass is 35.5. The van der Waals surface area contributed by atoms with Gasteiger partial charge in [0.2, 0.25) is 0 Å². The minimum absolute atomic E-state index is 0.0128. The largest absolute Gasteiger partial charge is 0.476 e. The van der Waals surface area contributed by atoms with Gasteiger partial charge in [0.05, 0.1) is 22.0 Å². The minimum Gasteiger partial charge on any atom is -0.476 e. The fourth-order valence-electron chi connectivity index (χ4n) is 3.86. The summed E-state index contributed by atoms with van der Waals surface area (Å²) >= 11 is 5.92. The monoisotopic (exact) mass is 584 g/mol. The van der Waals surface area contributed by atoms with Gasteiger partial charge < -0.3 is 10.1 Å². The van der Waals surface area contributed by atoms with Crippen molar-refractivity contribution in [3.63, 3.8) is 0 Å². The molecule has 1 amide bonds. The van der Waals surface area contributed by atoms with Crippen molar-refractivity contribution in [2.45, 2.75) is 15.9 Å². The first kappa shape index (κ1) is 26.5. The van der Waals surface area contributed by atoms with Crippen molar-refractivity contribution >= 4 is 54.7 Å². The number of ether oxygens (including phenoxy) is 1. The van der Waals surface area contributed by atoms with Gasteiger partial charge in [-0.2, -0.15) is 0 Å². The van der Waals surface area contributed by atoms with E-state index < -0.39 is 32.1 Å². The summed E-state index contributed by atoms with van der Waals surface area (Å²) in [7, 11) is -7.94. The van der Waals surface area contributed by atoms with Crippen molar-refractivity contribution in [3.8, 4) is 5.75 Å². The lowest BCUT2D eigenvalue weighted by Crippen LogP contribution is -2.48. The normalized spacial score (nSPS) is 15.1. The average Bonchev–Trinajstić information content (AvgIpc) is 2.93. The molecule has 0 fully saturated rings. The molecule has 5 rings (SSSR count). The van der Waals surface area contributed by atoms with E-state index in [0.717, 1.165) is 4.31 Å². The van der Waals surface area contributed by atoms with E-state index in [9.17, 15) is 21.6 Å². The number of fused-ring (bicyclic) bond motifs is 1. The lowest BCUT2D eigenvalue weighted by molar-refractivity contribution is -0.122. The number of nitrogens with zero attached hydrogens (tertiary/aromatic N) is 2. The molecule has 1 aliphatic rings. The summed E-state index contributed by atoms with van der Waals surface area (Å²) in [4.78, 5) is 17.1. The van der Waals surface area contributed by atoms with Crippen molar-refractivity contribution in [2.24, 2.45) is 0 Å². The maximum atomic E-state index is 13.5. The number of halogens is 1. The summed E-state index contributed by atoms with van der Waals surface area (Å²) in [6.07, 6.45) is 0.278. The van der Waals surface area contributed by atoms with Crippen LogP contribution in [0.4, 0.5) is 17.2 Å². The zero-order valence-electron chi connectivity index (χ0n) is 20.1. The third-order valence-corrected chi connectivity index (χ3v) is 9.18. The van der Waals surface area contributed by atoms with Crippen molar-refractivity contribution in [1.29, 1.82) is 0 Å². The van der Waals surface area contributed by atoms with Crippen molar-refractivity contribution in [1.82, 2.24) is 4.98 Å². The number of hydrogen-bond acceptors (Lipinski definition) is 7. The average molecular weight is 585 g/mol. The molecule has 1 aromatic heterocycles. The van der Waals surface area contributed by atoms with Crippen molar-refractivity contribution in [3.05, 3.63) is 102 Å². The Morgan fingerprint density at radius 1 is 0.872 bits per heavy atom. The molecule has 0 spiro atoms. The van der Waals surface area contributed by atoms with Crippen LogP contribution < -0.4 is 19.1 Å². The van der Waals surface area contributed by atoms with Crippen LogP contribution in [-0.2, 0) is 24.8 Å². The Morgan fingerprint density at radius 3 is 2.23 bits per heavy atom. The Morgan fingerprint density at radius 2 is 1.54 bits per heavy atom. The number of carbonyl (C=O) groups is 1. The molecule has 2 N–H and O–H groups in total. The van der Waals surface area contributed by atoms with Gasteiger partial charge in [-0.15, -0.1) is 0 Å². The number of hydrogen-bond donors (Lipinski definition) is 2. The molecule has 10 nitrogen and oxygen atoms in total. The zero-order valence-corrected chi connectivity index (χ0v) is 22.4. The van der Waals surface area contributed by atoms with Gasteiger partial charge in [-0.05, 0) is 72.8 Å². The van der Waals surface area contributed by atoms with Crippen molar-refractivity contribution < 1.29 is 26.4 Å². The highest BCUT2D eigenvalue weighted by Crippen LogP contribution is 2.37. The summed E-state index contributed by atoms with van der Waals surface area (Å²) in [5.41, 5.74) is 0.595. The lowest BCUT2D eigenvalue weighted by Gasteiger charge is -2.34. The van der Waals surface area contributed by atoms with Crippen LogP contribution in [-0.4, -0.2) is 40.4 Å². The van der Waals surface area contributed by atoms with Crippen LogP contribution in [0.25, 0.3) is 0 Å². The molecule has 0 aliphatic carbocycles. The van der Waals surface area contributed by atoms with Crippen LogP contribution in [0.2, 0.25) is 5.02 Å². The Labute approximate surface area is 230 Å². The lowest BCUT2D eigenvalue weighted by atomic mass is 10.2. The second kappa shape index (κ2) is 10.6. The van der Waals surface area contributed by atoms with Gasteiger partial charge >= 0.3 is 0 Å². The molecule has 0 unspecified atom stereocenters.